The van der Waals surface area contributed by atoms with E-state index in [4.69, 9.17) is 16.3 Å². The summed E-state index contributed by atoms with van der Waals surface area (Å²) in [5.74, 6) is -0.829. The van der Waals surface area contributed by atoms with E-state index in [1.165, 1.54) is 0 Å². The Morgan fingerprint density at radius 3 is 2.33 bits per heavy atom. The Kier molecular flexibility index (Phi) is 5.13. The van der Waals surface area contributed by atoms with Gasteiger partial charge in [-0.3, -0.25) is 4.79 Å². The molecule has 0 fully saturated rings. The molecule has 0 spiro atoms. The average Bonchev–Trinajstić information content (AvgIpc) is 2.58. The highest BCUT2D eigenvalue weighted by molar-refractivity contribution is 7.97. The highest BCUT2D eigenvalue weighted by Gasteiger charge is 2.40. The van der Waals surface area contributed by atoms with Crippen LogP contribution in [0.5, 0.6) is 0 Å². The lowest BCUT2D eigenvalue weighted by molar-refractivity contribution is -0.144. The first-order valence-electron chi connectivity index (χ1n) is 7.37. The van der Waals surface area contributed by atoms with Gasteiger partial charge in [-0.15, -0.1) is 0 Å². The fourth-order valence-corrected chi connectivity index (χ4v) is 5.98. The van der Waals surface area contributed by atoms with Gasteiger partial charge in [0, 0.05) is 45.6 Å². The van der Waals surface area contributed by atoms with Crippen LogP contribution in [0.25, 0.3) is 0 Å². The number of esters is 1. The molecule has 0 saturated carbocycles. The van der Waals surface area contributed by atoms with Crippen LogP contribution >= 0.6 is 11.6 Å². The van der Waals surface area contributed by atoms with Gasteiger partial charge in [0.2, 0.25) is 19.6 Å². The second kappa shape index (κ2) is 6.98. The van der Waals surface area contributed by atoms with E-state index in [0.717, 1.165) is 0 Å². The molecule has 1 aliphatic rings. The zero-order valence-corrected chi connectivity index (χ0v) is 15.5. The summed E-state index contributed by atoms with van der Waals surface area (Å²) in [6, 6.07) is 9.94. The quantitative estimate of drug-likeness (QED) is 0.600. The van der Waals surface area contributed by atoms with Crippen molar-refractivity contribution >= 4 is 39.9 Å². The van der Waals surface area contributed by atoms with E-state index in [-0.39, 0.29) is 5.97 Å². The molecule has 2 aromatic rings. The topological polar surface area (TPSA) is 72.4 Å². The third kappa shape index (κ3) is 3.05. The number of carbonyl (C=O) groups is 1. The van der Waals surface area contributed by atoms with Gasteiger partial charge < -0.3 is 13.8 Å². The van der Waals surface area contributed by atoms with Crippen LogP contribution in [0.4, 0.5) is 0 Å². The van der Waals surface area contributed by atoms with Gasteiger partial charge >= 0.3 is 5.97 Å². The average molecular weight is 383 g/mol. The van der Waals surface area contributed by atoms with Crippen molar-refractivity contribution in [2.45, 2.75) is 39.3 Å². The van der Waals surface area contributed by atoms with Gasteiger partial charge in [0.05, 0.1) is 12.5 Å². The second-order valence-electron chi connectivity index (χ2n) is 5.31. The van der Waals surface area contributed by atoms with Crippen LogP contribution in [0, 0.1) is 0 Å². The predicted molar refractivity (Wildman–Crippen MR) is 92.3 cm³/mol. The second-order valence-corrected chi connectivity index (χ2v) is 8.58. The zero-order chi connectivity index (χ0) is 17.4. The highest BCUT2D eigenvalue weighted by atomic mass is 35.5. The van der Waals surface area contributed by atoms with Crippen LogP contribution in [0.1, 0.15) is 25.3 Å². The first-order chi connectivity index (χ1) is 11.4. The van der Waals surface area contributed by atoms with E-state index in [9.17, 15) is 13.9 Å². The molecule has 1 aliphatic heterocycles. The molecule has 0 saturated heterocycles. The summed E-state index contributed by atoms with van der Waals surface area (Å²) in [6.45, 7) is 3.78. The Balaban J connectivity index is 2.03. The van der Waals surface area contributed by atoms with Gasteiger partial charge in [-0.25, -0.2) is 0 Å². The van der Waals surface area contributed by atoms with E-state index in [1.54, 1.807) is 50.2 Å². The summed E-state index contributed by atoms with van der Waals surface area (Å²) in [6.07, 6.45) is 0. The molecule has 0 aliphatic carbocycles. The predicted octanol–water partition coefficient (Wildman–Crippen LogP) is 3.65. The number of halogens is 1. The lowest BCUT2D eigenvalue weighted by Crippen LogP contribution is -2.21. The fourth-order valence-electron chi connectivity index (χ4n) is 2.51. The molecule has 126 valence electrons. The molecule has 0 bridgehead atoms. The highest BCUT2D eigenvalue weighted by Crippen LogP contribution is 2.42. The molecular weight excluding hydrogens is 368 g/mol. The molecule has 3 atom stereocenters. The maximum absolute atomic E-state index is 12.9. The van der Waals surface area contributed by atoms with Crippen molar-refractivity contribution in [3.63, 3.8) is 0 Å². The number of benzene rings is 2. The van der Waals surface area contributed by atoms with E-state index in [0.29, 0.717) is 36.8 Å². The monoisotopic (exact) mass is 382 g/mol. The maximum atomic E-state index is 12.9. The normalized spacial score (nSPS) is 20.0. The lowest BCUT2D eigenvalue weighted by Gasteiger charge is -2.23. The van der Waals surface area contributed by atoms with E-state index < -0.39 is 28.3 Å². The zero-order valence-electron chi connectivity index (χ0n) is 13.1. The standard InChI is InChI=1S/C17H15ClO4S2/c1-3-22-17(19)10(2)11-4-6-13-15(8-11)24(21)16-9-12(18)5-7-14(16)23(13)20/h4-10H,3H2,1-2H3. The minimum Gasteiger partial charge on any atom is -0.606 e. The minimum atomic E-state index is -1.49. The molecule has 0 radical (unpaired) electrons. The molecule has 4 nitrogen and oxygen atoms in total. The number of ether oxygens (including phenoxy) is 1. The van der Waals surface area contributed by atoms with Crippen molar-refractivity contribution < 1.29 is 18.6 Å². The van der Waals surface area contributed by atoms with Crippen molar-refractivity contribution in [2.24, 2.45) is 0 Å². The summed E-state index contributed by atoms with van der Waals surface area (Å²) in [7, 11) is 0. The number of fused-ring (bicyclic) bond motifs is 2. The van der Waals surface area contributed by atoms with E-state index in [1.807, 2.05) is 0 Å². The molecule has 3 rings (SSSR count). The molecule has 0 amide bonds. The summed E-state index contributed by atoms with van der Waals surface area (Å²) in [5, 5.41) is 0.443. The van der Waals surface area contributed by atoms with Gasteiger partial charge in [0.25, 0.3) is 0 Å². The maximum Gasteiger partial charge on any atom is 0.313 e. The summed E-state index contributed by atoms with van der Waals surface area (Å²) >= 11 is 3.06. The van der Waals surface area contributed by atoms with Gasteiger partial charge in [-0.2, -0.15) is 0 Å². The Bertz CT molecular complexity index is 796. The Labute approximate surface area is 151 Å². The molecule has 3 unspecified atom stereocenters. The van der Waals surface area contributed by atoms with Crippen molar-refractivity contribution in [3.05, 3.63) is 47.0 Å². The summed E-state index contributed by atoms with van der Waals surface area (Å²) < 4.78 is 30.6. The van der Waals surface area contributed by atoms with E-state index >= 15 is 0 Å². The van der Waals surface area contributed by atoms with Crippen molar-refractivity contribution in [3.8, 4) is 0 Å². The summed E-state index contributed by atoms with van der Waals surface area (Å²) in [5.41, 5.74) is 0.683. The Hall–Kier alpha value is -1.18. The third-order valence-corrected chi connectivity index (χ3v) is 7.29. The number of hydrogen-bond donors (Lipinski definition) is 0. The Morgan fingerprint density at radius 2 is 1.67 bits per heavy atom. The molecule has 0 N–H and O–H groups in total. The number of rotatable bonds is 3. The molecular formula is C17H15ClO4S2. The third-order valence-electron chi connectivity index (χ3n) is 3.81. The molecule has 1 heterocycles. The number of hydrogen-bond acceptors (Lipinski definition) is 4. The van der Waals surface area contributed by atoms with Crippen molar-refractivity contribution in [1.82, 2.24) is 0 Å². The van der Waals surface area contributed by atoms with Crippen molar-refractivity contribution in [2.75, 3.05) is 6.61 Å². The first kappa shape index (κ1) is 17.6. The van der Waals surface area contributed by atoms with Crippen LogP contribution in [0.3, 0.4) is 0 Å². The van der Waals surface area contributed by atoms with Crippen molar-refractivity contribution in [1.29, 1.82) is 0 Å². The molecule has 24 heavy (non-hydrogen) atoms. The van der Waals surface area contributed by atoms with Gasteiger partial charge in [0.1, 0.15) is 0 Å². The van der Waals surface area contributed by atoms with Gasteiger partial charge in [-0.1, -0.05) is 17.7 Å². The van der Waals surface area contributed by atoms with Crippen LogP contribution in [0.15, 0.2) is 56.0 Å². The molecule has 2 aromatic carbocycles. The SMILES string of the molecule is CCOC(=O)C(C)c1ccc2c(c1)[S+]([O-])c1cc(Cl)ccc1[S+]2[O-]. The lowest BCUT2D eigenvalue weighted by atomic mass is 10.0. The molecule has 0 aromatic heterocycles. The number of carbonyl (C=O) groups excluding carboxylic acids is 1. The Morgan fingerprint density at radius 1 is 1.08 bits per heavy atom. The fraction of sp³-hybridized carbons (Fsp3) is 0.235. The summed E-state index contributed by atoms with van der Waals surface area (Å²) in [4.78, 5) is 13.8. The minimum absolute atomic E-state index is 0.302. The van der Waals surface area contributed by atoms with Crippen LogP contribution in [-0.4, -0.2) is 21.7 Å². The van der Waals surface area contributed by atoms with Crippen LogP contribution in [-0.2, 0) is 31.9 Å². The van der Waals surface area contributed by atoms with Crippen LogP contribution < -0.4 is 0 Å². The molecule has 7 heteroatoms. The smallest absolute Gasteiger partial charge is 0.313 e. The largest absolute Gasteiger partial charge is 0.606 e. The van der Waals surface area contributed by atoms with E-state index in [2.05, 4.69) is 0 Å². The van der Waals surface area contributed by atoms with Gasteiger partial charge in [0.15, 0.2) is 0 Å². The first-order valence-corrected chi connectivity index (χ1v) is 10.1. The van der Waals surface area contributed by atoms with Gasteiger partial charge in [-0.05, 0) is 31.5 Å². The van der Waals surface area contributed by atoms with Crippen LogP contribution in [0.2, 0.25) is 5.02 Å².